The first-order chi connectivity index (χ1) is 14.2. The highest BCUT2D eigenvalue weighted by molar-refractivity contribution is 8.18. The number of thioether (sulfide) groups is 1. The number of carbonyl (C=O) groups is 2. The molecule has 0 spiro atoms. The number of fused-ring (bicyclic) bond motifs is 2. The van der Waals surface area contributed by atoms with Crippen molar-refractivity contribution in [3.8, 4) is 5.75 Å². The molecule has 0 atom stereocenters. The number of carbonyl (C=O) groups excluding carboxylic acids is 2. The van der Waals surface area contributed by atoms with E-state index in [4.69, 9.17) is 4.74 Å². The Balaban J connectivity index is 1.42. The molecular weight excluding hydrogens is 382 g/mol. The number of nitrogens with zero attached hydrogens (tertiary/aromatic N) is 1. The second kappa shape index (κ2) is 7.41. The summed E-state index contributed by atoms with van der Waals surface area (Å²) >= 11 is 1.01. The van der Waals surface area contributed by atoms with E-state index in [0.717, 1.165) is 64.4 Å². The van der Waals surface area contributed by atoms with Gasteiger partial charge in [-0.2, -0.15) is 0 Å². The van der Waals surface area contributed by atoms with Crippen LogP contribution in [-0.2, 0) is 17.8 Å². The zero-order chi connectivity index (χ0) is 19.8. The van der Waals surface area contributed by atoms with Crippen LogP contribution in [0.5, 0.6) is 5.75 Å². The molecule has 1 fully saturated rings. The third kappa shape index (κ3) is 3.42. The third-order valence-electron chi connectivity index (χ3n) is 5.31. The fourth-order valence-electron chi connectivity index (χ4n) is 3.86. The average Bonchev–Trinajstić information content (AvgIpc) is 3.01. The van der Waals surface area contributed by atoms with Crippen molar-refractivity contribution in [3.63, 3.8) is 0 Å². The molecular formula is C24H19NO3S. The number of imide groups is 1. The molecule has 3 aromatic rings. The van der Waals surface area contributed by atoms with Gasteiger partial charge in [0, 0.05) is 0 Å². The summed E-state index contributed by atoms with van der Waals surface area (Å²) in [7, 11) is 0. The molecule has 5 rings (SSSR count). The molecule has 5 heteroatoms. The van der Waals surface area contributed by atoms with Crippen LogP contribution < -0.4 is 4.74 Å². The van der Waals surface area contributed by atoms with Crippen LogP contribution >= 0.6 is 11.8 Å². The highest BCUT2D eigenvalue weighted by Crippen LogP contribution is 2.35. The quantitative estimate of drug-likeness (QED) is 0.551. The lowest BCUT2D eigenvalue weighted by Gasteiger charge is -2.17. The van der Waals surface area contributed by atoms with Crippen molar-refractivity contribution < 1.29 is 14.3 Å². The van der Waals surface area contributed by atoms with Gasteiger partial charge < -0.3 is 4.74 Å². The molecule has 1 saturated heterocycles. The van der Waals surface area contributed by atoms with Gasteiger partial charge in [0.05, 0.1) is 18.1 Å². The molecule has 4 nitrogen and oxygen atoms in total. The average molecular weight is 401 g/mol. The summed E-state index contributed by atoms with van der Waals surface area (Å²) in [5.41, 5.74) is 3.04. The van der Waals surface area contributed by atoms with E-state index in [1.54, 1.807) is 0 Å². The van der Waals surface area contributed by atoms with Crippen LogP contribution in [-0.4, -0.2) is 22.7 Å². The van der Waals surface area contributed by atoms with Gasteiger partial charge in [-0.25, -0.2) is 0 Å². The van der Waals surface area contributed by atoms with Gasteiger partial charge >= 0.3 is 0 Å². The van der Waals surface area contributed by atoms with Crippen molar-refractivity contribution >= 4 is 39.8 Å². The first-order valence-electron chi connectivity index (χ1n) is 9.67. The summed E-state index contributed by atoms with van der Waals surface area (Å²) in [5, 5.41) is 1.94. The van der Waals surface area contributed by atoms with E-state index in [1.807, 2.05) is 66.7 Å². The maximum atomic E-state index is 12.9. The molecule has 0 aromatic heterocycles. The van der Waals surface area contributed by atoms with E-state index >= 15 is 0 Å². The van der Waals surface area contributed by atoms with Gasteiger partial charge in [0.2, 0.25) is 0 Å². The molecule has 0 unspecified atom stereocenters. The second-order valence-corrected chi connectivity index (χ2v) is 8.22. The van der Waals surface area contributed by atoms with Crippen molar-refractivity contribution in [2.45, 2.75) is 19.4 Å². The molecule has 2 aliphatic heterocycles. The number of ether oxygens (including phenoxy) is 1. The molecule has 0 saturated carbocycles. The normalized spacial score (nSPS) is 17.7. The maximum Gasteiger partial charge on any atom is 0.293 e. The SMILES string of the molecule is O=C1S/C(=C/c2ccc3c(c2)CCCO3)C(=O)N1Cc1cccc2ccccc12. The van der Waals surface area contributed by atoms with Crippen molar-refractivity contribution in [1.82, 2.24) is 4.90 Å². The summed E-state index contributed by atoms with van der Waals surface area (Å²) in [6, 6.07) is 19.9. The molecule has 0 radical (unpaired) electrons. The van der Waals surface area contributed by atoms with Gasteiger partial charge in [-0.15, -0.1) is 0 Å². The van der Waals surface area contributed by atoms with E-state index in [9.17, 15) is 9.59 Å². The Bertz CT molecular complexity index is 1160. The highest BCUT2D eigenvalue weighted by Gasteiger charge is 2.35. The summed E-state index contributed by atoms with van der Waals surface area (Å²) < 4.78 is 5.65. The Morgan fingerprint density at radius 2 is 1.90 bits per heavy atom. The molecule has 3 aromatic carbocycles. The van der Waals surface area contributed by atoms with Crippen LogP contribution in [0.4, 0.5) is 4.79 Å². The minimum Gasteiger partial charge on any atom is -0.493 e. The number of hydrogen-bond acceptors (Lipinski definition) is 4. The molecule has 2 aliphatic rings. The van der Waals surface area contributed by atoms with Crippen LogP contribution in [0.1, 0.15) is 23.1 Å². The zero-order valence-corrected chi connectivity index (χ0v) is 16.6. The smallest absolute Gasteiger partial charge is 0.293 e. The van der Waals surface area contributed by atoms with E-state index in [1.165, 1.54) is 4.90 Å². The molecule has 2 heterocycles. The number of rotatable bonds is 3. The lowest BCUT2D eigenvalue weighted by atomic mass is 10.0. The van der Waals surface area contributed by atoms with Crippen molar-refractivity contribution in [1.29, 1.82) is 0 Å². The van der Waals surface area contributed by atoms with Gasteiger partial charge in [0.1, 0.15) is 5.75 Å². The first-order valence-corrected chi connectivity index (χ1v) is 10.5. The summed E-state index contributed by atoms with van der Waals surface area (Å²) in [6.45, 7) is 1.03. The van der Waals surface area contributed by atoms with Crippen LogP contribution in [0.2, 0.25) is 0 Å². The second-order valence-electron chi connectivity index (χ2n) is 7.23. The largest absolute Gasteiger partial charge is 0.493 e. The highest BCUT2D eigenvalue weighted by atomic mass is 32.2. The van der Waals surface area contributed by atoms with Crippen LogP contribution in [0.15, 0.2) is 65.6 Å². The standard InChI is InChI=1S/C24H19NO3S/c26-23-22(14-16-10-11-21-18(13-16)8-4-12-28-21)29-24(27)25(23)15-19-7-3-6-17-5-1-2-9-20(17)19/h1-3,5-7,9-11,13-14H,4,8,12,15H2/b22-14+. The predicted molar refractivity (Wildman–Crippen MR) is 116 cm³/mol. The van der Waals surface area contributed by atoms with E-state index < -0.39 is 0 Å². The molecule has 2 amide bonds. The van der Waals surface area contributed by atoms with Crippen molar-refractivity contribution in [2.75, 3.05) is 6.61 Å². The van der Waals surface area contributed by atoms with E-state index in [-0.39, 0.29) is 17.7 Å². The van der Waals surface area contributed by atoms with Crippen molar-refractivity contribution in [3.05, 3.63) is 82.3 Å². The molecule has 0 aliphatic carbocycles. The Hall–Kier alpha value is -3.05. The maximum absolute atomic E-state index is 12.9. The predicted octanol–water partition coefficient (Wildman–Crippen LogP) is 5.40. The Morgan fingerprint density at radius 3 is 2.83 bits per heavy atom. The number of amides is 2. The van der Waals surface area contributed by atoms with Crippen molar-refractivity contribution in [2.24, 2.45) is 0 Å². The third-order valence-corrected chi connectivity index (χ3v) is 6.22. The lowest BCUT2D eigenvalue weighted by Crippen LogP contribution is -2.27. The van der Waals surface area contributed by atoms with Crippen LogP contribution in [0.3, 0.4) is 0 Å². The number of hydrogen-bond donors (Lipinski definition) is 0. The first kappa shape index (κ1) is 18.0. The minimum atomic E-state index is -0.234. The number of aryl methyl sites for hydroxylation is 1. The Kier molecular flexibility index (Phi) is 4.60. The van der Waals surface area contributed by atoms with Gasteiger partial charge in [-0.3, -0.25) is 14.5 Å². The lowest BCUT2D eigenvalue weighted by molar-refractivity contribution is -0.123. The van der Waals surface area contributed by atoms with Crippen LogP contribution in [0, 0.1) is 0 Å². The van der Waals surface area contributed by atoms with Gasteiger partial charge in [0.15, 0.2) is 0 Å². The Morgan fingerprint density at radius 1 is 1.03 bits per heavy atom. The fraction of sp³-hybridized carbons (Fsp3) is 0.167. The van der Waals surface area contributed by atoms with E-state index in [0.29, 0.717) is 4.91 Å². The Labute approximate surface area is 173 Å². The number of benzene rings is 3. The van der Waals surface area contributed by atoms with Gasteiger partial charge in [-0.05, 0) is 70.3 Å². The molecule has 0 bridgehead atoms. The monoisotopic (exact) mass is 401 g/mol. The fourth-order valence-corrected chi connectivity index (χ4v) is 4.70. The molecule has 0 N–H and O–H groups in total. The van der Waals surface area contributed by atoms with Gasteiger partial charge in [-0.1, -0.05) is 48.5 Å². The molecule has 144 valence electrons. The zero-order valence-electron chi connectivity index (χ0n) is 15.8. The van der Waals surface area contributed by atoms with E-state index in [2.05, 4.69) is 0 Å². The topological polar surface area (TPSA) is 46.6 Å². The molecule has 29 heavy (non-hydrogen) atoms. The summed E-state index contributed by atoms with van der Waals surface area (Å²) in [6.07, 6.45) is 3.78. The van der Waals surface area contributed by atoms with Crippen LogP contribution in [0.25, 0.3) is 16.8 Å². The van der Waals surface area contributed by atoms with Gasteiger partial charge in [0.25, 0.3) is 11.1 Å². The summed E-state index contributed by atoms with van der Waals surface area (Å²) in [4.78, 5) is 27.3. The summed E-state index contributed by atoms with van der Waals surface area (Å²) in [5.74, 6) is 0.680. The minimum absolute atomic E-state index is 0.226.